The molecule has 0 spiro atoms. The number of nitrogens with one attached hydrogen (secondary N) is 1. The van der Waals surface area contributed by atoms with Crippen LogP contribution in [0.1, 0.15) is 29.3 Å². The lowest BCUT2D eigenvalue weighted by molar-refractivity contribution is -0.159. The Hall–Kier alpha value is -3.08. The van der Waals surface area contributed by atoms with Crippen molar-refractivity contribution in [1.82, 2.24) is 9.55 Å². The normalized spacial score (nSPS) is 24.0. The molecule has 2 aromatic carbocycles. The SMILES string of the molecule is Cc1cn([C@@H]2O[C@H](COCc3ccccc3)[C@@](CCO)(OCc3ccccc3)[C@H]2O)c(=O)[nH]c1=O. The van der Waals surface area contributed by atoms with Gasteiger partial charge in [-0.25, -0.2) is 4.79 Å². The largest absolute Gasteiger partial charge is 0.396 e. The van der Waals surface area contributed by atoms with Crippen LogP contribution in [0, 0.1) is 6.92 Å². The molecule has 1 fully saturated rings. The lowest BCUT2D eigenvalue weighted by atomic mass is 9.88. The zero-order chi connectivity index (χ0) is 24.8. The summed E-state index contributed by atoms with van der Waals surface area (Å²) in [5.74, 6) is 0. The number of aromatic nitrogens is 2. The average Bonchev–Trinajstić information content (AvgIpc) is 3.13. The van der Waals surface area contributed by atoms with Gasteiger partial charge in [0.2, 0.25) is 0 Å². The van der Waals surface area contributed by atoms with Crippen LogP contribution in [-0.2, 0) is 27.4 Å². The predicted molar refractivity (Wildman–Crippen MR) is 128 cm³/mol. The molecule has 0 aliphatic carbocycles. The number of hydrogen-bond acceptors (Lipinski definition) is 7. The highest BCUT2D eigenvalue weighted by molar-refractivity contribution is 5.15. The van der Waals surface area contributed by atoms with E-state index in [0.29, 0.717) is 12.2 Å². The molecule has 1 saturated heterocycles. The first-order valence-electron chi connectivity index (χ1n) is 11.5. The second-order valence-electron chi connectivity index (χ2n) is 8.64. The van der Waals surface area contributed by atoms with E-state index in [1.54, 1.807) is 6.92 Å². The van der Waals surface area contributed by atoms with Crippen LogP contribution < -0.4 is 11.2 Å². The van der Waals surface area contributed by atoms with Crippen LogP contribution in [0.25, 0.3) is 0 Å². The first-order valence-corrected chi connectivity index (χ1v) is 11.5. The van der Waals surface area contributed by atoms with Gasteiger partial charge in [0.05, 0.1) is 19.8 Å². The number of nitrogens with zero attached hydrogens (tertiary/aromatic N) is 1. The Morgan fingerprint density at radius 2 is 1.66 bits per heavy atom. The second kappa shape index (κ2) is 11.1. The zero-order valence-electron chi connectivity index (χ0n) is 19.5. The predicted octanol–water partition coefficient (Wildman–Crippen LogP) is 1.66. The molecule has 3 N–H and O–H groups in total. The quantitative estimate of drug-likeness (QED) is 0.402. The minimum absolute atomic E-state index is 0.0496. The van der Waals surface area contributed by atoms with Crippen LogP contribution >= 0.6 is 0 Å². The summed E-state index contributed by atoms with van der Waals surface area (Å²) in [7, 11) is 0. The Bertz CT molecular complexity index is 1210. The summed E-state index contributed by atoms with van der Waals surface area (Å²) >= 11 is 0. The second-order valence-corrected chi connectivity index (χ2v) is 8.64. The van der Waals surface area contributed by atoms with Gasteiger partial charge in [0.1, 0.15) is 17.8 Å². The Morgan fingerprint density at radius 3 is 2.29 bits per heavy atom. The standard InChI is InChI=1S/C26H30N2O7/c1-18-14-28(25(32)27-23(18)31)24-22(30)26(12-13-29,34-16-20-10-6-3-7-11-20)21(35-24)17-33-15-19-8-4-2-5-9-19/h2-11,14,21-22,24,29-30H,12-13,15-17H2,1H3,(H,27,31,32)/t21-,22+,24-,26-/m1/s1. The topological polar surface area (TPSA) is 123 Å². The van der Waals surface area contributed by atoms with Crippen molar-refractivity contribution in [2.24, 2.45) is 0 Å². The summed E-state index contributed by atoms with van der Waals surface area (Å²) < 4.78 is 19.5. The van der Waals surface area contributed by atoms with Gasteiger partial charge in [-0.1, -0.05) is 60.7 Å². The van der Waals surface area contributed by atoms with Crippen LogP contribution in [0.4, 0.5) is 0 Å². The van der Waals surface area contributed by atoms with E-state index in [1.165, 1.54) is 6.20 Å². The van der Waals surface area contributed by atoms with Gasteiger partial charge in [0, 0.05) is 24.8 Å². The average molecular weight is 483 g/mol. The van der Waals surface area contributed by atoms with Gasteiger partial charge in [-0.3, -0.25) is 14.3 Å². The molecular weight excluding hydrogens is 452 g/mol. The van der Waals surface area contributed by atoms with Crippen molar-refractivity contribution in [2.75, 3.05) is 13.2 Å². The highest BCUT2D eigenvalue weighted by atomic mass is 16.6. The molecule has 9 nitrogen and oxygen atoms in total. The van der Waals surface area contributed by atoms with Crippen molar-refractivity contribution in [3.8, 4) is 0 Å². The van der Waals surface area contributed by atoms with Gasteiger partial charge in [-0.05, 0) is 18.1 Å². The number of hydrogen-bond donors (Lipinski definition) is 3. The Labute approximate surface area is 202 Å². The molecule has 0 saturated carbocycles. The smallest absolute Gasteiger partial charge is 0.330 e. The molecule has 1 aliphatic heterocycles. The van der Waals surface area contributed by atoms with Gasteiger partial charge in [0.15, 0.2) is 6.23 Å². The minimum atomic E-state index is -1.37. The van der Waals surface area contributed by atoms with E-state index >= 15 is 0 Å². The van der Waals surface area contributed by atoms with Crippen LogP contribution in [0.2, 0.25) is 0 Å². The van der Waals surface area contributed by atoms with Crippen molar-refractivity contribution in [3.63, 3.8) is 0 Å². The van der Waals surface area contributed by atoms with Crippen molar-refractivity contribution >= 4 is 0 Å². The minimum Gasteiger partial charge on any atom is -0.396 e. The monoisotopic (exact) mass is 482 g/mol. The first-order chi connectivity index (χ1) is 16.9. The fourth-order valence-electron chi connectivity index (χ4n) is 4.35. The number of aliphatic hydroxyl groups is 2. The van der Waals surface area contributed by atoms with E-state index in [1.807, 2.05) is 60.7 Å². The third-order valence-electron chi connectivity index (χ3n) is 6.27. The van der Waals surface area contributed by atoms with Crippen LogP contribution in [0.5, 0.6) is 0 Å². The molecular formula is C26H30N2O7. The zero-order valence-corrected chi connectivity index (χ0v) is 19.5. The maximum Gasteiger partial charge on any atom is 0.330 e. The molecule has 35 heavy (non-hydrogen) atoms. The summed E-state index contributed by atoms with van der Waals surface area (Å²) in [6, 6.07) is 19.0. The molecule has 0 unspecified atom stereocenters. The number of H-pyrrole nitrogens is 1. The third kappa shape index (κ3) is 5.44. The van der Waals surface area contributed by atoms with E-state index in [9.17, 15) is 19.8 Å². The Morgan fingerprint density at radius 1 is 1.03 bits per heavy atom. The fourth-order valence-corrected chi connectivity index (χ4v) is 4.35. The number of aryl methyl sites for hydroxylation is 1. The van der Waals surface area contributed by atoms with Gasteiger partial charge in [-0.2, -0.15) is 0 Å². The maximum absolute atomic E-state index is 12.6. The molecule has 1 aromatic heterocycles. The fraction of sp³-hybridized carbons (Fsp3) is 0.385. The molecule has 3 aromatic rings. The first kappa shape index (κ1) is 25.0. The molecule has 4 rings (SSSR count). The van der Waals surface area contributed by atoms with Crippen molar-refractivity contribution in [3.05, 3.63) is 104 Å². The molecule has 0 bridgehead atoms. The molecule has 1 aliphatic rings. The van der Waals surface area contributed by atoms with Crippen molar-refractivity contribution in [1.29, 1.82) is 0 Å². The van der Waals surface area contributed by atoms with Gasteiger partial charge in [-0.15, -0.1) is 0 Å². The van der Waals surface area contributed by atoms with Crippen LogP contribution in [-0.4, -0.2) is 50.8 Å². The van der Waals surface area contributed by atoms with Gasteiger partial charge < -0.3 is 24.4 Å². The van der Waals surface area contributed by atoms with Crippen molar-refractivity contribution < 1.29 is 24.4 Å². The van der Waals surface area contributed by atoms with E-state index in [-0.39, 0.29) is 26.2 Å². The van der Waals surface area contributed by atoms with Crippen LogP contribution in [0.15, 0.2) is 76.4 Å². The summed E-state index contributed by atoms with van der Waals surface area (Å²) in [6.07, 6.45) is -1.88. The van der Waals surface area contributed by atoms with E-state index < -0.39 is 35.3 Å². The van der Waals surface area contributed by atoms with E-state index in [0.717, 1.165) is 15.7 Å². The molecule has 0 radical (unpaired) electrons. The summed E-state index contributed by atoms with van der Waals surface area (Å²) in [5, 5.41) is 21.4. The number of aromatic amines is 1. The summed E-state index contributed by atoms with van der Waals surface area (Å²) in [4.78, 5) is 26.7. The van der Waals surface area contributed by atoms with Crippen molar-refractivity contribution in [2.45, 2.75) is 50.6 Å². The lowest BCUT2D eigenvalue weighted by Gasteiger charge is -2.36. The number of benzene rings is 2. The van der Waals surface area contributed by atoms with Gasteiger partial charge >= 0.3 is 5.69 Å². The third-order valence-corrected chi connectivity index (χ3v) is 6.27. The molecule has 4 atom stereocenters. The molecule has 9 heteroatoms. The summed E-state index contributed by atoms with van der Waals surface area (Å²) in [6.45, 7) is 1.80. The number of aliphatic hydroxyl groups excluding tert-OH is 2. The highest BCUT2D eigenvalue weighted by Crippen LogP contribution is 2.42. The summed E-state index contributed by atoms with van der Waals surface area (Å²) in [5.41, 5.74) is -0.452. The highest BCUT2D eigenvalue weighted by Gasteiger charge is 2.58. The molecule has 186 valence electrons. The number of ether oxygens (including phenoxy) is 3. The maximum atomic E-state index is 12.6. The van der Waals surface area contributed by atoms with Gasteiger partial charge in [0.25, 0.3) is 5.56 Å². The molecule has 2 heterocycles. The van der Waals surface area contributed by atoms with Crippen LogP contribution in [0.3, 0.4) is 0 Å². The Balaban J connectivity index is 1.64. The van der Waals surface area contributed by atoms with E-state index in [2.05, 4.69) is 4.98 Å². The Kier molecular flexibility index (Phi) is 7.94. The molecule has 0 amide bonds. The van der Waals surface area contributed by atoms with E-state index in [4.69, 9.17) is 14.2 Å². The lowest BCUT2D eigenvalue weighted by Crippen LogP contribution is -2.52. The number of rotatable bonds is 10.